The third-order valence-electron chi connectivity index (χ3n) is 3.96. The number of thioether (sulfide) groups is 1. The zero-order valence-electron chi connectivity index (χ0n) is 14.0. The molecule has 0 N–H and O–H groups in total. The number of hydrogen-bond acceptors (Lipinski definition) is 5. The van der Waals surface area contributed by atoms with Crippen LogP contribution >= 0.6 is 11.8 Å². The fourth-order valence-electron chi connectivity index (χ4n) is 2.75. The summed E-state index contributed by atoms with van der Waals surface area (Å²) in [4.78, 5) is 14.8. The molecule has 0 aliphatic carbocycles. The Morgan fingerprint density at radius 3 is 2.86 bits per heavy atom. The molecule has 1 aliphatic rings. The SMILES string of the molecule is CCCc1nnc(S[C@H](C(=O)N2CCC[C@H](C)C2)C(C)C)o1. The first kappa shape index (κ1) is 17.3. The van der Waals surface area contributed by atoms with Crippen LogP contribution in [0.1, 0.15) is 52.8 Å². The van der Waals surface area contributed by atoms with E-state index in [9.17, 15) is 4.79 Å². The molecule has 2 rings (SSSR count). The van der Waals surface area contributed by atoms with Gasteiger partial charge in [0.15, 0.2) is 0 Å². The predicted octanol–water partition coefficient (Wildman–Crippen LogP) is 3.40. The van der Waals surface area contributed by atoms with Crippen LogP contribution in [0.15, 0.2) is 9.64 Å². The summed E-state index contributed by atoms with van der Waals surface area (Å²) in [5.41, 5.74) is 0. The Labute approximate surface area is 137 Å². The molecule has 2 atom stereocenters. The molecular weight excluding hydrogens is 298 g/mol. The highest BCUT2D eigenvalue weighted by molar-refractivity contribution is 8.00. The van der Waals surface area contributed by atoms with Crippen molar-refractivity contribution in [1.29, 1.82) is 0 Å². The number of rotatable bonds is 6. The lowest BCUT2D eigenvalue weighted by molar-refractivity contribution is -0.133. The Kier molecular flexibility index (Phi) is 6.29. The Hall–Kier alpha value is -1.04. The molecule has 124 valence electrons. The van der Waals surface area contributed by atoms with Crippen molar-refractivity contribution in [3.8, 4) is 0 Å². The van der Waals surface area contributed by atoms with Crippen LogP contribution in [0.25, 0.3) is 0 Å². The minimum Gasteiger partial charge on any atom is -0.416 e. The number of likely N-dealkylation sites (tertiary alicyclic amines) is 1. The van der Waals surface area contributed by atoms with E-state index < -0.39 is 0 Å². The van der Waals surface area contributed by atoms with Gasteiger partial charge in [0.1, 0.15) is 0 Å². The maximum atomic E-state index is 12.8. The van der Waals surface area contributed by atoms with Crippen molar-refractivity contribution in [2.45, 2.75) is 63.9 Å². The molecule has 0 spiro atoms. The first-order valence-corrected chi connectivity index (χ1v) is 9.17. The van der Waals surface area contributed by atoms with E-state index in [1.807, 2.05) is 4.90 Å². The van der Waals surface area contributed by atoms with Crippen molar-refractivity contribution in [3.05, 3.63) is 5.89 Å². The summed E-state index contributed by atoms with van der Waals surface area (Å²) in [6.07, 6.45) is 4.08. The average Bonchev–Trinajstić information content (AvgIpc) is 2.91. The molecule has 1 aromatic heterocycles. The second-order valence-electron chi connectivity index (χ2n) is 6.53. The Morgan fingerprint density at radius 1 is 1.45 bits per heavy atom. The monoisotopic (exact) mass is 325 g/mol. The Morgan fingerprint density at radius 2 is 2.23 bits per heavy atom. The normalized spacial score (nSPS) is 20.4. The van der Waals surface area contributed by atoms with Crippen molar-refractivity contribution >= 4 is 17.7 Å². The van der Waals surface area contributed by atoms with Crippen LogP contribution in [-0.4, -0.2) is 39.3 Å². The van der Waals surface area contributed by atoms with Crippen molar-refractivity contribution in [2.24, 2.45) is 11.8 Å². The summed E-state index contributed by atoms with van der Waals surface area (Å²) in [5, 5.41) is 8.48. The molecule has 0 radical (unpaired) electrons. The molecule has 0 bridgehead atoms. The third kappa shape index (κ3) is 4.48. The number of piperidine rings is 1. The second kappa shape index (κ2) is 7.99. The number of hydrogen-bond donors (Lipinski definition) is 0. The smallest absolute Gasteiger partial charge is 0.277 e. The highest BCUT2D eigenvalue weighted by atomic mass is 32.2. The highest BCUT2D eigenvalue weighted by Crippen LogP contribution is 2.30. The largest absolute Gasteiger partial charge is 0.416 e. The highest BCUT2D eigenvalue weighted by Gasteiger charge is 2.31. The van der Waals surface area contributed by atoms with Crippen LogP contribution < -0.4 is 0 Å². The number of amides is 1. The van der Waals surface area contributed by atoms with Crippen LogP contribution in [0.3, 0.4) is 0 Å². The van der Waals surface area contributed by atoms with Crippen LogP contribution in [0.5, 0.6) is 0 Å². The molecule has 0 saturated carbocycles. The molecule has 1 saturated heterocycles. The fraction of sp³-hybridized carbons (Fsp3) is 0.812. The molecule has 0 unspecified atom stereocenters. The van der Waals surface area contributed by atoms with Crippen molar-refractivity contribution in [1.82, 2.24) is 15.1 Å². The molecule has 6 heteroatoms. The molecule has 0 aromatic carbocycles. The molecule has 1 amide bonds. The molecule has 22 heavy (non-hydrogen) atoms. The van der Waals surface area contributed by atoms with E-state index in [0.29, 0.717) is 17.0 Å². The number of carbonyl (C=O) groups excluding carboxylic acids is 1. The topological polar surface area (TPSA) is 59.2 Å². The number of aryl methyl sites for hydroxylation is 1. The summed E-state index contributed by atoms with van der Waals surface area (Å²) < 4.78 is 5.63. The molecule has 1 aliphatic heterocycles. The van der Waals surface area contributed by atoms with Gasteiger partial charge in [0.2, 0.25) is 11.8 Å². The van der Waals surface area contributed by atoms with E-state index in [0.717, 1.165) is 32.4 Å². The lowest BCUT2D eigenvalue weighted by Gasteiger charge is -2.34. The van der Waals surface area contributed by atoms with Crippen LogP contribution in [-0.2, 0) is 11.2 Å². The Bertz CT molecular complexity index is 489. The van der Waals surface area contributed by atoms with E-state index in [4.69, 9.17) is 4.42 Å². The zero-order valence-corrected chi connectivity index (χ0v) is 14.9. The molecule has 5 nitrogen and oxygen atoms in total. The second-order valence-corrected chi connectivity index (χ2v) is 7.62. The predicted molar refractivity (Wildman–Crippen MR) is 87.8 cm³/mol. The maximum Gasteiger partial charge on any atom is 0.277 e. The molecular formula is C16H27N3O2S. The molecule has 1 fully saturated rings. The van der Waals surface area contributed by atoms with E-state index >= 15 is 0 Å². The summed E-state index contributed by atoms with van der Waals surface area (Å²) in [5.74, 6) is 1.69. The number of nitrogens with zero attached hydrogens (tertiary/aromatic N) is 3. The quantitative estimate of drug-likeness (QED) is 0.750. The minimum atomic E-state index is -0.153. The van der Waals surface area contributed by atoms with Gasteiger partial charge in [-0.3, -0.25) is 4.79 Å². The average molecular weight is 325 g/mol. The first-order chi connectivity index (χ1) is 10.5. The van der Waals surface area contributed by atoms with Gasteiger partial charge in [-0.1, -0.05) is 39.5 Å². The van der Waals surface area contributed by atoms with Gasteiger partial charge >= 0.3 is 0 Å². The van der Waals surface area contributed by atoms with Crippen molar-refractivity contribution < 1.29 is 9.21 Å². The van der Waals surface area contributed by atoms with E-state index in [1.165, 1.54) is 18.2 Å². The zero-order chi connectivity index (χ0) is 16.1. The van der Waals surface area contributed by atoms with Crippen molar-refractivity contribution in [2.75, 3.05) is 13.1 Å². The van der Waals surface area contributed by atoms with Crippen molar-refractivity contribution in [3.63, 3.8) is 0 Å². The minimum absolute atomic E-state index is 0.153. The Balaban J connectivity index is 2.03. The van der Waals surface area contributed by atoms with Gasteiger partial charge in [-0.15, -0.1) is 10.2 Å². The van der Waals surface area contributed by atoms with Gasteiger partial charge in [-0.2, -0.15) is 0 Å². The van der Waals surface area contributed by atoms with Crippen LogP contribution in [0.4, 0.5) is 0 Å². The van der Waals surface area contributed by atoms with Gasteiger partial charge in [-0.05, 0) is 31.1 Å². The third-order valence-corrected chi connectivity index (χ3v) is 5.32. The van der Waals surface area contributed by atoms with Gasteiger partial charge < -0.3 is 9.32 Å². The summed E-state index contributed by atoms with van der Waals surface area (Å²) >= 11 is 1.41. The maximum absolute atomic E-state index is 12.8. The van der Waals surface area contributed by atoms with E-state index in [-0.39, 0.29) is 17.1 Å². The van der Waals surface area contributed by atoms with Crippen LogP contribution in [0.2, 0.25) is 0 Å². The summed E-state index contributed by atoms with van der Waals surface area (Å²) in [6, 6.07) is 0. The number of aromatic nitrogens is 2. The fourth-order valence-corrected chi connectivity index (χ4v) is 3.72. The van der Waals surface area contributed by atoms with E-state index in [1.54, 1.807) is 0 Å². The van der Waals surface area contributed by atoms with Gasteiger partial charge in [0, 0.05) is 19.5 Å². The van der Waals surface area contributed by atoms with Gasteiger partial charge in [0.05, 0.1) is 5.25 Å². The first-order valence-electron chi connectivity index (χ1n) is 8.29. The summed E-state index contributed by atoms with van der Waals surface area (Å²) in [7, 11) is 0. The van der Waals surface area contributed by atoms with E-state index in [2.05, 4.69) is 37.9 Å². The van der Waals surface area contributed by atoms with Crippen LogP contribution in [0, 0.1) is 11.8 Å². The lowest BCUT2D eigenvalue weighted by atomic mass is 9.99. The number of carbonyl (C=O) groups is 1. The summed E-state index contributed by atoms with van der Waals surface area (Å²) in [6.45, 7) is 10.2. The standard InChI is InChI=1S/C16H27N3O2S/c1-5-7-13-17-18-16(21-13)22-14(11(2)3)15(20)19-9-6-8-12(4)10-19/h11-12,14H,5-10H2,1-4H3/t12-,14-/m0/s1. The van der Waals surface area contributed by atoms with Gasteiger partial charge in [-0.25, -0.2) is 0 Å². The molecule has 2 heterocycles. The lowest BCUT2D eigenvalue weighted by Crippen LogP contribution is -2.45. The molecule has 1 aromatic rings. The van der Waals surface area contributed by atoms with Gasteiger partial charge in [0.25, 0.3) is 5.22 Å².